The lowest BCUT2D eigenvalue weighted by Crippen LogP contribution is -2.45. The second-order valence-corrected chi connectivity index (χ2v) is 5.27. The molecule has 0 radical (unpaired) electrons. The third-order valence-corrected chi connectivity index (χ3v) is 4.11. The zero-order valence-electron chi connectivity index (χ0n) is 11.5. The van der Waals surface area contributed by atoms with Crippen molar-refractivity contribution in [3.05, 3.63) is 29.6 Å². The molecule has 0 spiro atoms. The van der Waals surface area contributed by atoms with Crippen molar-refractivity contribution >= 4 is 0 Å². The van der Waals surface area contributed by atoms with Gasteiger partial charge in [0.05, 0.1) is 11.6 Å². The van der Waals surface area contributed by atoms with Gasteiger partial charge < -0.3 is 10.5 Å². The molecule has 1 fully saturated rings. The molecule has 0 saturated heterocycles. The number of ether oxygens (including phenoxy) is 1. The van der Waals surface area contributed by atoms with Gasteiger partial charge in [-0.1, -0.05) is 19.3 Å². The Hall–Kier alpha value is -0.930. The second-order valence-electron chi connectivity index (χ2n) is 5.27. The first-order chi connectivity index (χ1) is 8.69. The summed E-state index contributed by atoms with van der Waals surface area (Å²) >= 11 is 0. The van der Waals surface area contributed by atoms with Crippen LogP contribution in [0.3, 0.4) is 0 Å². The highest BCUT2D eigenvalue weighted by atomic mass is 16.5. The van der Waals surface area contributed by atoms with E-state index in [0.717, 1.165) is 25.0 Å². The number of hydrogen-bond donors (Lipinski definition) is 1. The van der Waals surface area contributed by atoms with Gasteiger partial charge in [-0.2, -0.15) is 0 Å². The van der Waals surface area contributed by atoms with Gasteiger partial charge in [0.15, 0.2) is 0 Å². The van der Waals surface area contributed by atoms with E-state index in [9.17, 15) is 0 Å². The minimum absolute atomic E-state index is 0.0635. The molecule has 1 atom stereocenters. The average molecular weight is 248 g/mol. The van der Waals surface area contributed by atoms with E-state index in [4.69, 9.17) is 10.5 Å². The van der Waals surface area contributed by atoms with Crippen LogP contribution in [0.1, 0.15) is 56.2 Å². The van der Waals surface area contributed by atoms with Crippen LogP contribution in [0.4, 0.5) is 0 Å². The molecule has 1 aromatic rings. The monoisotopic (exact) mass is 248 g/mol. The number of rotatable bonds is 4. The Kier molecular flexibility index (Phi) is 4.36. The first-order valence-corrected chi connectivity index (χ1v) is 6.99. The zero-order valence-corrected chi connectivity index (χ0v) is 11.5. The van der Waals surface area contributed by atoms with Crippen molar-refractivity contribution in [1.82, 2.24) is 4.98 Å². The highest BCUT2D eigenvalue weighted by Crippen LogP contribution is 2.40. The Morgan fingerprint density at radius 2 is 2.11 bits per heavy atom. The maximum Gasteiger partial charge on any atom is 0.0874 e. The molecule has 2 rings (SSSR count). The Morgan fingerprint density at radius 1 is 1.39 bits per heavy atom. The van der Waals surface area contributed by atoms with Crippen LogP contribution in [-0.4, -0.2) is 17.2 Å². The molecule has 100 valence electrons. The number of nitrogens with zero attached hydrogens (tertiary/aromatic N) is 1. The molecular formula is C15H24N2O. The van der Waals surface area contributed by atoms with Gasteiger partial charge in [0.2, 0.25) is 0 Å². The molecule has 1 aliphatic carbocycles. The largest absolute Gasteiger partial charge is 0.373 e. The minimum Gasteiger partial charge on any atom is -0.373 e. The van der Waals surface area contributed by atoms with Crippen LogP contribution < -0.4 is 5.73 Å². The lowest BCUT2D eigenvalue weighted by Gasteiger charge is -2.42. The number of hydrogen-bond acceptors (Lipinski definition) is 3. The van der Waals surface area contributed by atoms with E-state index in [0.29, 0.717) is 0 Å². The predicted octanol–water partition coefficient (Wildman–Crippen LogP) is 3.13. The van der Waals surface area contributed by atoms with Crippen molar-refractivity contribution in [2.45, 2.75) is 57.6 Å². The molecule has 0 aromatic carbocycles. The van der Waals surface area contributed by atoms with Gasteiger partial charge in [-0.05, 0) is 43.9 Å². The number of aromatic nitrogens is 1. The summed E-state index contributed by atoms with van der Waals surface area (Å²) in [4.78, 5) is 4.22. The molecule has 0 aliphatic heterocycles. The van der Waals surface area contributed by atoms with Crippen molar-refractivity contribution in [2.75, 3.05) is 6.61 Å². The first-order valence-electron chi connectivity index (χ1n) is 6.99. The SMILES string of the molecule is CCOC1(C(N)c2cnccc2C)CCCCC1. The summed E-state index contributed by atoms with van der Waals surface area (Å²) in [7, 11) is 0. The number of pyridine rings is 1. The molecule has 0 bridgehead atoms. The van der Waals surface area contributed by atoms with Crippen LogP contribution in [0.2, 0.25) is 0 Å². The molecule has 1 aliphatic rings. The van der Waals surface area contributed by atoms with Crippen molar-refractivity contribution < 1.29 is 4.74 Å². The van der Waals surface area contributed by atoms with E-state index in [-0.39, 0.29) is 11.6 Å². The predicted molar refractivity (Wildman–Crippen MR) is 73.3 cm³/mol. The highest BCUT2D eigenvalue weighted by Gasteiger charge is 2.40. The van der Waals surface area contributed by atoms with Crippen molar-refractivity contribution in [3.63, 3.8) is 0 Å². The van der Waals surface area contributed by atoms with Crippen LogP contribution in [0.5, 0.6) is 0 Å². The molecule has 1 aromatic heterocycles. The van der Waals surface area contributed by atoms with E-state index < -0.39 is 0 Å². The Labute approximate surface area is 110 Å². The zero-order chi connectivity index (χ0) is 13.0. The van der Waals surface area contributed by atoms with Gasteiger partial charge in [0.1, 0.15) is 0 Å². The smallest absolute Gasteiger partial charge is 0.0874 e. The maximum absolute atomic E-state index is 6.53. The molecular weight excluding hydrogens is 224 g/mol. The third-order valence-electron chi connectivity index (χ3n) is 4.11. The van der Waals surface area contributed by atoms with Crippen molar-refractivity contribution in [3.8, 4) is 0 Å². The van der Waals surface area contributed by atoms with Gasteiger partial charge in [-0.15, -0.1) is 0 Å². The van der Waals surface area contributed by atoms with Gasteiger partial charge >= 0.3 is 0 Å². The molecule has 3 heteroatoms. The topological polar surface area (TPSA) is 48.1 Å². The van der Waals surface area contributed by atoms with Crippen LogP contribution in [0.25, 0.3) is 0 Å². The molecule has 2 N–H and O–H groups in total. The Bertz CT molecular complexity index is 380. The van der Waals surface area contributed by atoms with E-state index in [1.807, 2.05) is 18.5 Å². The van der Waals surface area contributed by atoms with Gasteiger partial charge in [0, 0.05) is 19.0 Å². The molecule has 1 heterocycles. The van der Waals surface area contributed by atoms with E-state index in [2.05, 4.69) is 18.8 Å². The quantitative estimate of drug-likeness (QED) is 0.890. The fourth-order valence-corrected chi connectivity index (χ4v) is 3.07. The average Bonchev–Trinajstić information content (AvgIpc) is 2.40. The summed E-state index contributed by atoms with van der Waals surface area (Å²) in [6, 6.07) is 1.96. The van der Waals surface area contributed by atoms with Gasteiger partial charge in [0.25, 0.3) is 0 Å². The summed E-state index contributed by atoms with van der Waals surface area (Å²) in [5.41, 5.74) is 8.69. The maximum atomic E-state index is 6.53. The summed E-state index contributed by atoms with van der Waals surface area (Å²) in [5.74, 6) is 0. The standard InChI is InChI=1S/C15H24N2O/c1-3-18-15(8-5-4-6-9-15)14(16)13-11-17-10-7-12(13)2/h7,10-11,14H,3-6,8-9,16H2,1-2H3. The van der Waals surface area contributed by atoms with Crippen LogP contribution in [0.15, 0.2) is 18.5 Å². The molecule has 3 nitrogen and oxygen atoms in total. The lowest BCUT2D eigenvalue weighted by atomic mass is 9.76. The summed E-state index contributed by atoms with van der Waals surface area (Å²) in [6.45, 7) is 4.88. The molecule has 0 amide bonds. The van der Waals surface area contributed by atoms with Crippen LogP contribution in [-0.2, 0) is 4.74 Å². The summed E-state index contributed by atoms with van der Waals surface area (Å²) in [5, 5.41) is 0. The van der Waals surface area contributed by atoms with Gasteiger partial charge in [-0.25, -0.2) is 0 Å². The number of nitrogens with two attached hydrogens (primary N) is 1. The van der Waals surface area contributed by atoms with Crippen molar-refractivity contribution in [2.24, 2.45) is 5.73 Å². The Morgan fingerprint density at radius 3 is 2.72 bits per heavy atom. The van der Waals surface area contributed by atoms with Gasteiger partial charge in [-0.3, -0.25) is 4.98 Å². The molecule has 1 saturated carbocycles. The number of aryl methyl sites for hydroxylation is 1. The van der Waals surface area contributed by atoms with E-state index in [1.165, 1.54) is 24.8 Å². The normalized spacial score (nSPS) is 20.6. The Balaban J connectivity index is 2.28. The minimum atomic E-state index is -0.180. The highest BCUT2D eigenvalue weighted by molar-refractivity contribution is 5.27. The second kappa shape index (κ2) is 5.81. The molecule has 1 unspecified atom stereocenters. The first kappa shape index (κ1) is 13.5. The lowest BCUT2D eigenvalue weighted by molar-refractivity contribution is -0.0832. The van der Waals surface area contributed by atoms with Crippen molar-refractivity contribution in [1.29, 1.82) is 0 Å². The third kappa shape index (κ3) is 2.57. The fourth-order valence-electron chi connectivity index (χ4n) is 3.07. The summed E-state index contributed by atoms with van der Waals surface area (Å²) in [6.07, 6.45) is 9.58. The van der Waals surface area contributed by atoms with E-state index in [1.54, 1.807) is 0 Å². The van der Waals surface area contributed by atoms with E-state index >= 15 is 0 Å². The fraction of sp³-hybridized carbons (Fsp3) is 0.667. The van der Waals surface area contributed by atoms with Crippen LogP contribution >= 0.6 is 0 Å². The molecule has 18 heavy (non-hydrogen) atoms. The summed E-state index contributed by atoms with van der Waals surface area (Å²) < 4.78 is 6.09. The van der Waals surface area contributed by atoms with Crippen LogP contribution in [0, 0.1) is 6.92 Å².